The Morgan fingerprint density at radius 3 is 2.12 bits per heavy atom. The van der Waals surface area contributed by atoms with Gasteiger partial charge in [-0.2, -0.15) is 0 Å². The minimum Gasteiger partial charge on any atom is -0.303 e. The normalized spacial score (nSPS) is 19.1. The van der Waals surface area contributed by atoms with Crippen LogP contribution in [0, 0.1) is 5.92 Å². The Bertz CT molecular complexity index is 150. The quantitative estimate of drug-likeness (QED) is 0.523. The summed E-state index contributed by atoms with van der Waals surface area (Å²) < 4.78 is 0. The molecule has 0 aromatic rings. The zero-order chi connectivity index (χ0) is 11.6. The van der Waals surface area contributed by atoms with Gasteiger partial charge >= 0.3 is 0 Å². The molecular weight excluding hydrogens is 194 g/mol. The fourth-order valence-corrected chi connectivity index (χ4v) is 2.83. The third-order valence-corrected chi connectivity index (χ3v) is 3.90. The molecule has 1 unspecified atom stereocenters. The minimum absolute atomic E-state index is 0.990. The maximum absolute atomic E-state index is 2.70. The molecule has 1 aliphatic heterocycles. The highest BCUT2D eigenvalue weighted by atomic mass is 15.1. The second kappa shape index (κ2) is 9.04. The zero-order valence-electron chi connectivity index (χ0n) is 11.5. The highest BCUT2D eigenvalue weighted by Crippen LogP contribution is 2.20. The van der Waals surface area contributed by atoms with Gasteiger partial charge in [-0.25, -0.2) is 0 Å². The van der Waals surface area contributed by atoms with E-state index in [4.69, 9.17) is 0 Å². The van der Waals surface area contributed by atoms with Gasteiger partial charge in [0.2, 0.25) is 0 Å². The number of nitrogens with zero attached hydrogens (tertiary/aromatic N) is 1. The molecule has 0 aliphatic carbocycles. The Morgan fingerprint density at radius 1 is 0.875 bits per heavy atom. The first-order chi connectivity index (χ1) is 7.86. The van der Waals surface area contributed by atoms with Crippen LogP contribution < -0.4 is 0 Å². The van der Waals surface area contributed by atoms with Gasteiger partial charge in [0.15, 0.2) is 0 Å². The summed E-state index contributed by atoms with van der Waals surface area (Å²) in [6, 6.07) is 0. The van der Waals surface area contributed by atoms with Crippen molar-refractivity contribution in [3.8, 4) is 0 Å². The Kier molecular flexibility index (Phi) is 7.92. The molecule has 0 N–H and O–H groups in total. The van der Waals surface area contributed by atoms with Crippen molar-refractivity contribution in [2.45, 2.75) is 71.6 Å². The third kappa shape index (κ3) is 5.89. The van der Waals surface area contributed by atoms with Crippen LogP contribution in [0.5, 0.6) is 0 Å². The molecule has 0 amide bonds. The lowest BCUT2D eigenvalue weighted by Crippen LogP contribution is -2.26. The maximum Gasteiger partial charge on any atom is 0.000966 e. The maximum atomic E-state index is 2.70. The second-order valence-electron chi connectivity index (χ2n) is 5.51. The van der Waals surface area contributed by atoms with E-state index in [0.29, 0.717) is 0 Å². The van der Waals surface area contributed by atoms with Gasteiger partial charge in [-0.3, -0.25) is 0 Å². The Balaban J connectivity index is 2.18. The molecule has 96 valence electrons. The molecule has 0 saturated carbocycles. The fourth-order valence-electron chi connectivity index (χ4n) is 2.83. The molecule has 0 aromatic heterocycles. The summed E-state index contributed by atoms with van der Waals surface area (Å²) in [5.74, 6) is 0.990. The molecule has 1 heterocycles. The highest BCUT2D eigenvalue weighted by molar-refractivity contribution is 4.71. The van der Waals surface area contributed by atoms with E-state index in [9.17, 15) is 0 Å². The first-order valence-electron chi connectivity index (χ1n) is 7.59. The predicted molar refractivity (Wildman–Crippen MR) is 72.8 cm³/mol. The van der Waals surface area contributed by atoms with Crippen LogP contribution >= 0.6 is 0 Å². The number of hydrogen-bond donors (Lipinski definition) is 0. The smallest absolute Gasteiger partial charge is 0.000966 e. The van der Waals surface area contributed by atoms with Crippen LogP contribution in [0.25, 0.3) is 0 Å². The number of hydrogen-bond acceptors (Lipinski definition) is 1. The summed E-state index contributed by atoms with van der Waals surface area (Å²) in [4.78, 5) is 2.70. The van der Waals surface area contributed by atoms with E-state index in [0.717, 1.165) is 5.92 Å². The Morgan fingerprint density at radius 2 is 1.50 bits per heavy atom. The van der Waals surface area contributed by atoms with Crippen LogP contribution in [0.1, 0.15) is 71.6 Å². The van der Waals surface area contributed by atoms with Crippen LogP contribution in [0.4, 0.5) is 0 Å². The van der Waals surface area contributed by atoms with Gasteiger partial charge < -0.3 is 4.90 Å². The molecule has 1 rings (SSSR count). The lowest BCUT2D eigenvalue weighted by atomic mass is 9.95. The van der Waals surface area contributed by atoms with E-state index in [-0.39, 0.29) is 0 Å². The molecule has 1 fully saturated rings. The van der Waals surface area contributed by atoms with E-state index < -0.39 is 0 Å². The average Bonchev–Trinajstić information content (AvgIpc) is 2.78. The molecule has 1 saturated heterocycles. The summed E-state index contributed by atoms with van der Waals surface area (Å²) in [6.07, 6.45) is 12.9. The van der Waals surface area contributed by atoms with E-state index in [2.05, 4.69) is 18.7 Å². The molecule has 0 aromatic carbocycles. The zero-order valence-corrected chi connectivity index (χ0v) is 11.5. The van der Waals surface area contributed by atoms with Crippen molar-refractivity contribution < 1.29 is 0 Å². The van der Waals surface area contributed by atoms with Crippen molar-refractivity contribution in [1.82, 2.24) is 4.90 Å². The lowest BCUT2D eigenvalue weighted by Gasteiger charge is -2.23. The summed E-state index contributed by atoms with van der Waals surface area (Å²) in [7, 11) is 0. The molecule has 1 atom stereocenters. The minimum atomic E-state index is 0.990. The Hall–Kier alpha value is -0.0400. The van der Waals surface area contributed by atoms with Gasteiger partial charge in [0.1, 0.15) is 0 Å². The SMILES string of the molecule is CCCCCC(CCCC)CN1CCCC1. The lowest BCUT2D eigenvalue weighted by molar-refractivity contribution is 0.252. The molecule has 1 heteroatoms. The van der Waals surface area contributed by atoms with Crippen LogP contribution in [0.2, 0.25) is 0 Å². The number of unbranched alkanes of at least 4 members (excludes halogenated alkanes) is 3. The molecule has 16 heavy (non-hydrogen) atoms. The van der Waals surface area contributed by atoms with E-state index >= 15 is 0 Å². The fraction of sp³-hybridized carbons (Fsp3) is 1.00. The molecule has 1 nitrogen and oxygen atoms in total. The van der Waals surface area contributed by atoms with Gasteiger partial charge in [-0.05, 0) is 44.7 Å². The summed E-state index contributed by atoms with van der Waals surface area (Å²) >= 11 is 0. The molecule has 0 spiro atoms. The average molecular weight is 225 g/mol. The molecule has 0 radical (unpaired) electrons. The Labute approximate surface area is 103 Å². The van der Waals surface area contributed by atoms with Gasteiger partial charge in [-0.1, -0.05) is 46.0 Å². The van der Waals surface area contributed by atoms with E-state index in [1.165, 1.54) is 77.4 Å². The highest BCUT2D eigenvalue weighted by Gasteiger charge is 2.16. The van der Waals surface area contributed by atoms with Crippen LogP contribution in [-0.2, 0) is 0 Å². The van der Waals surface area contributed by atoms with Crippen LogP contribution in [0.3, 0.4) is 0 Å². The van der Waals surface area contributed by atoms with Crippen molar-refractivity contribution in [1.29, 1.82) is 0 Å². The van der Waals surface area contributed by atoms with Gasteiger partial charge in [0.05, 0.1) is 0 Å². The van der Waals surface area contributed by atoms with Crippen molar-refractivity contribution >= 4 is 0 Å². The second-order valence-corrected chi connectivity index (χ2v) is 5.51. The molecule has 0 bridgehead atoms. The number of rotatable bonds is 9. The van der Waals surface area contributed by atoms with E-state index in [1.54, 1.807) is 0 Å². The predicted octanol–water partition coefficient (Wildman–Crippen LogP) is 4.47. The monoisotopic (exact) mass is 225 g/mol. The summed E-state index contributed by atoms with van der Waals surface area (Å²) in [5, 5.41) is 0. The molecular formula is C15H31N. The van der Waals surface area contributed by atoms with Crippen molar-refractivity contribution in [3.63, 3.8) is 0 Å². The summed E-state index contributed by atoms with van der Waals surface area (Å²) in [5.41, 5.74) is 0. The van der Waals surface area contributed by atoms with E-state index in [1.807, 2.05) is 0 Å². The van der Waals surface area contributed by atoms with Crippen molar-refractivity contribution in [2.24, 2.45) is 5.92 Å². The van der Waals surface area contributed by atoms with Crippen molar-refractivity contribution in [2.75, 3.05) is 19.6 Å². The summed E-state index contributed by atoms with van der Waals surface area (Å²) in [6.45, 7) is 8.76. The largest absolute Gasteiger partial charge is 0.303 e. The standard InChI is InChI=1S/C15H31N/c1-3-5-7-11-15(10-6-4-2)14-16-12-8-9-13-16/h15H,3-14H2,1-2H3. The van der Waals surface area contributed by atoms with Gasteiger partial charge in [-0.15, -0.1) is 0 Å². The third-order valence-electron chi connectivity index (χ3n) is 3.90. The van der Waals surface area contributed by atoms with Crippen LogP contribution in [-0.4, -0.2) is 24.5 Å². The van der Waals surface area contributed by atoms with Crippen LogP contribution in [0.15, 0.2) is 0 Å². The first-order valence-corrected chi connectivity index (χ1v) is 7.59. The van der Waals surface area contributed by atoms with Gasteiger partial charge in [0, 0.05) is 6.54 Å². The van der Waals surface area contributed by atoms with Gasteiger partial charge in [0.25, 0.3) is 0 Å². The molecule has 1 aliphatic rings. The number of likely N-dealkylation sites (tertiary alicyclic amines) is 1. The van der Waals surface area contributed by atoms with Crippen molar-refractivity contribution in [3.05, 3.63) is 0 Å². The topological polar surface area (TPSA) is 3.24 Å². The first kappa shape index (κ1) is 14.0.